The molecule has 2 aliphatic rings. The normalized spacial score (nSPS) is 30.9. The molecular formula is C13H24N2O2. The zero-order valence-electron chi connectivity index (χ0n) is 11.0. The molecule has 4 nitrogen and oxygen atoms in total. The molecule has 2 fully saturated rings. The number of ether oxygens (including phenoxy) is 1. The van der Waals surface area contributed by atoms with E-state index in [9.17, 15) is 4.79 Å². The number of hydrogen-bond acceptors (Lipinski definition) is 4. The Bertz CT molecular complexity index is 279. The fourth-order valence-corrected chi connectivity index (χ4v) is 2.56. The van der Waals surface area contributed by atoms with Gasteiger partial charge in [0.1, 0.15) is 5.54 Å². The molecule has 1 aliphatic heterocycles. The lowest BCUT2D eigenvalue weighted by atomic mass is 9.90. The third kappa shape index (κ3) is 3.19. The second kappa shape index (κ2) is 5.36. The Hall–Kier alpha value is -0.610. The number of nitrogens with zero attached hydrogens (tertiary/aromatic N) is 1. The van der Waals surface area contributed by atoms with Crippen LogP contribution in [0.3, 0.4) is 0 Å². The van der Waals surface area contributed by atoms with Crippen LogP contribution in [0.15, 0.2) is 0 Å². The first-order valence-corrected chi connectivity index (χ1v) is 6.80. The SMILES string of the molecule is CCOC(=O)C1(NC2CC2)CCCN(C)CC1. The molecule has 1 saturated heterocycles. The number of nitrogens with one attached hydrogen (secondary N) is 1. The first-order valence-electron chi connectivity index (χ1n) is 6.80. The van der Waals surface area contributed by atoms with Crippen molar-refractivity contribution in [1.82, 2.24) is 10.2 Å². The predicted octanol–water partition coefficient (Wildman–Crippen LogP) is 1.16. The largest absolute Gasteiger partial charge is 0.465 e. The van der Waals surface area contributed by atoms with Gasteiger partial charge in [0.25, 0.3) is 0 Å². The van der Waals surface area contributed by atoms with E-state index in [0.717, 1.165) is 32.4 Å². The monoisotopic (exact) mass is 240 g/mol. The van der Waals surface area contributed by atoms with E-state index in [1.54, 1.807) is 0 Å². The van der Waals surface area contributed by atoms with Gasteiger partial charge in [-0.2, -0.15) is 0 Å². The smallest absolute Gasteiger partial charge is 0.326 e. The summed E-state index contributed by atoms with van der Waals surface area (Å²) >= 11 is 0. The zero-order valence-corrected chi connectivity index (χ0v) is 11.0. The second-order valence-electron chi connectivity index (χ2n) is 5.38. The average molecular weight is 240 g/mol. The van der Waals surface area contributed by atoms with Gasteiger partial charge >= 0.3 is 5.97 Å². The van der Waals surface area contributed by atoms with E-state index in [1.807, 2.05) is 6.92 Å². The fraction of sp³-hybridized carbons (Fsp3) is 0.923. The molecule has 0 bridgehead atoms. The summed E-state index contributed by atoms with van der Waals surface area (Å²) in [5.41, 5.74) is -0.415. The number of hydrogen-bond donors (Lipinski definition) is 1. The van der Waals surface area contributed by atoms with Crippen LogP contribution < -0.4 is 5.32 Å². The predicted molar refractivity (Wildman–Crippen MR) is 66.9 cm³/mol. The van der Waals surface area contributed by atoms with Crippen LogP contribution in [-0.4, -0.2) is 49.2 Å². The van der Waals surface area contributed by atoms with Gasteiger partial charge in [-0.1, -0.05) is 0 Å². The number of carbonyl (C=O) groups is 1. The Morgan fingerprint density at radius 1 is 1.41 bits per heavy atom. The Morgan fingerprint density at radius 3 is 2.82 bits per heavy atom. The lowest BCUT2D eigenvalue weighted by Crippen LogP contribution is -2.54. The Kier molecular flexibility index (Phi) is 4.05. The van der Waals surface area contributed by atoms with Crippen LogP contribution in [0, 0.1) is 0 Å². The molecule has 2 rings (SSSR count). The molecule has 1 heterocycles. The highest BCUT2D eigenvalue weighted by atomic mass is 16.5. The van der Waals surface area contributed by atoms with Gasteiger partial charge in [0, 0.05) is 12.6 Å². The van der Waals surface area contributed by atoms with Gasteiger partial charge in [0.05, 0.1) is 6.61 Å². The van der Waals surface area contributed by atoms with E-state index >= 15 is 0 Å². The third-order valence-electron chi connectivity index (χ3n) is 3.79. The number of carbonyl (C=O) groups excluding carboxylic acids is 1. The van der Waals surface area contributed by atoms with Crippen LogP contribution in [-0.2, 0) is 9.53 Å². The van der Waals surface area contributed by atoms with Crippen molar-refractivity contribution in [2.45, 2.75) is 50.6 Å². The standard InChI is InChI=1S/C13H24N2O2/c1-3-17-12(16)13(14-11-5-6-11)7-4-9-15(2)10-8-13/h11,14H,3-10H2,1-2H3. The van der Waals surface area contributed by atoms with Gasteiger partial charge in [-0.15, -0.1) is 0 Å². The summed E-state index contributed by atoms with van der Waals surface area (Å²) in [5, 5.41) is 3.55. The molecule has 0 aromatic carbocycles. The summed E-state index contributed by atoms with van der Waals surface area (Å²) in [4.78, 5) is 14.5. The minimum absolute atomic E-state index is 0.0396. The van der Waals surface area contributed by atoms with E-state index in [-0.39, 0.29) is 5.97 Å². The molecule has 1 saturated carbocycles. The van der Waals surface area contributed by atoms with Crippen molar-refractivity contribution in [2.24, 2.45) is 0 Å². The molecule has 1 atom stereocenters. The summed E-state index contributed by atoms with van der Waals surface area (Å²) in [5.74, 6) is -0.0396. The summed E-state index contributed by atoms with van der Waals surface area (Å²) < 4.78 is 5.28. The van der Waals surface area contributed by atoms with Crippen molar-refractivity contribution in [3.8, 4) is 0 Å². The average Bonchev–Trinajstić information content (AvgIpc) is 3.10. The van der Waals surface area contributed by atoms with Crippen LogP contribution in [0.2, 0.25) is 0 Å². The summed E-state index contributed by atoms with van der Waals surface area (Å²) in [6.07, 6.45) is 5.26. The molecular weight excluding hydrogens is 216 g/mol. The number of rotatable bonds is 4. The van der Waals surface area contributed by atoms with Gasteiger partial charge < -0.3 is 9.64 Å². The highest BCUT2D eigenvalue weighted by molar-refractivity contribution is 5.81. The molecule has 0 spiro atoms. The first-order chi connectivity index (χ1) is 8.16. The van der Waals surface area contributed by atoms with E-state index in [1.165, 1.54) is 12.8 Å². The van der Waals surface area contributed by atoms with Crippen LogP contribution in [0.5, 0.6) is 0 Å². The van der Waals surface area contributed by atoms with Gasteiger partial charge in [-0.05, 0) is 52.6 Å². The summed E-state index contributed by atoms with van der Waals surface area (Å²) in [6, 6.07) is 0.544. The molecule has 1 N–H and O–H groups in total. The molecule has 17 heavy (non-hydrogen) atoms. The molecule has 0 amide bonds. The van der Waals surface area contributed by atoms with E-state index in [0.29, 0.717) is 12.6 Å². The maximum Gasteiger partial charge on any atom is 0.326 e. The second-order valence-corrected chi connectivity index (χ2v) is 5.38. The van der Waals surface area contributed by atoms with Crippen molar-refractivity contribution in [1.29, 1.82) is 0 Å². The van der Waals surface area contributed by atoms with E-state index < -0.39 is 5.54 Å². The van der Waals surface area contributed by atoms with Gasteiger partial charge in [-0.3, -0.25) is 10.1 Å². The van der Waals surface area contributed by atoms with Crippen molar-refractivity contribution >= 4 is 5.97 Å². The third-order valence-corrected chi connectivity index (χ3v) is 3.79. The van der Waals surface area contributed by atoms with Crippen molar-refractivity contribution in [3.63, 3.8) is 0 Å². The summed E-state index contributed by atoms with van der Waals surface area (Å²) in [7, 11) is 2.12. The quantitative estimate of drug-likeness (QED) is 0.749. The van der Waals surface area contributed by atoms with Crippen molar-refractivity contribution < 1.29 is 9.53 Å². The zero-order chi connectivity index (χ0) is 12.3. The Balaban J connectivity index is 2.06. The van der Waals surface area contributed by atoms with Gasteiger partial charge in [0.15, 0.2) is 0 Å². The minimum atomic E-state index is -0.415. The van der Waals surface area contributed by atoms with Crippen molar-refractivity contribution in [3.05, 3.63) is 0 Å². The Morgan fingerprint density at radius 2 is 2.18 bits per heavy atom. The van der Waals surface area contributed by atoms with Gasteiger partial charge in [-0.25, -0.2) is 0 Å². The molecule has 0 aromatic heterocycles. The lowest BCUT2D eigenvalue weighted by Gasteiger charge is -2.31. The van der Waals surface area contributed by atoms with Gasteiger partial charge in [0.2, 0.25) is 0 Å². The molecule has 0 aromatic rings. The van der Waals surface area contributed by atoms with Crippen LogP contribution in [0.4, 0.5) is 0 Å². The van der Waals surface area contributed by atoms with Crippen LogP contribution in [0.1, 0.15) is 39.0 Å². The van der Waals surface area contributed by atoms with E-state index in [4.69, 9.17) is 4.74 Å². The van der Waals surface area contributed by atoms with E-state index in [2.05, 4.69) is 17.3 Å². The summed E-state index contributed by atoms with van der Waals surface area (Å²) in [6.45, 7) is 4.40. The lowest BCUT2D eigenvalue weighted by molar-refractivity contribution is -0.152. The minimum Gasteiger partial charge on any atom is -0.465 e. The molecule has 4 heteroatoms. The molecule has 1 unspecified atom stereocenters. The van der Waals surface area contributed by atoms with Crippen LogP contribution in [0.25, 0.3) is 0 Å². The molecule has 98 valence electrons. The van der Waals surface area contributed by atoms with Crippen LogP contribution >= 0.6 is 0 Å². The van der Waals surface area contributed by atoms with Crippen molar-refractivity contribution in [2.75, 3.05) is 26.7 Å². The number of likely N-dealkylation sites (tertiary alicyclic amines) is 1. The first kappa shape index (κ1) is 12.8. The fourth-order valence-electron chi connectivity index (χ4n) is 2.56. The maximum atomic E-state index is 12.2. The highest BCUT2D eigenvalue weighted by Gasteiger charge is 2.44. The molecule has 0 radical (unpaired) electrons. The molecule has 1 aliphatic carbocycles. The number of esters is 1. The maximum absolute atomic E-state index is 12.2. The highest BCUT2D eigenvalue weighted by Crippen LogP contribution is 2.30. The Labute approximate surface area is 104 Å². The topological polar surface area (TPSA) is 41.6 Å².